The van der Waals surface area contributed by atoms with Gasteiger partial charge in [-0.3, -0.25) is 10.1 Å². The summed E-state index contributed by atoms with van der Waals surface area (Å²) in [5.41, 5.74) is 0.444. The molecule has 0 amide bonds. The van der Waals surface area contributed by atoms with Crippen LogP contribution in [0.2, 0.25) is 0 Å². The van der Waals surface area contributed by atoms with E-state index in [1.807, 2.05) is 0 Å². The molecule has 2 aromatic rings. The zero-order chi connectivity index (χ0) is 15.4. The van der Waals surface area contributed by atoms with Gasteiger partial charge in [0.1, 0.15) is 5.75 Å². The van der Waals surface area contributed by atoms with E-state index >= 15 is 0 Å². The van der Waals surface area contributed by atoms with Gasteiger partial charge in [-0.05, 0) is 24.6 Å². The summed E-state index contributed by atoms with van der Waals surface area (Å²) in [5.74, 6) is 0.670. The number of aliphatic hydroxyl groups is 1. The molecule has 0 fully saturated rings. The molecule has 1 aromatic carbocycles. The summed E-state index contributed by atoms with van der Waals surface area (Å²) in [4.78, 5) is 14.4. The van der Waals surface area contributed by atoms with Crippen molar-refractivity contribution < 1.29 is 19.5 Å². The predicted octanol–water partition coefficient (Wildman–Crippen LogP) is 2.84. The fourth-order valence-corrected chi connectivity index (χ4v) is 1.67. The fourth-order valence-electron chi connectivity index (χ4n) is 1.67. The second-order valence-electron chi connectivity index (χ2n) is 4.30. The first kappa shape index (κ1) is 14.7. The van der Waals surface area contributed by atoms with Gasteiger partial charge in [-0.1, -0.05) is 0 Å². The lowest BCUT2D eigenvalue weighted by molar-refractivity contribution is -0.385. The molecule has 0 saturated carbocycles. The second-order valence-corrected chi connectivity index (χ2v) is 4.30. The minimum atomic E-state index is -0.641. The van der Waals surface area contributed by atoms with Crippen LogP contribution in [0.15, 0.2) is 36.5 Å². The Kier molecular flexibility index (Phi) is 4.34. The summed E-state index contributed by atoms with van der Waals surface area (Å²) in [5, 5.41) is 20.4. The van der Waals surface area contributed by atoms with Crippen LogP contribution in [0.3, 0.4) is 0 Å². The molecular formula is C14H14N2O5. The van der Waals surface area contributed by atoms with Gasteiger partial charge < -0.3 is 14.6 Å². The smallest absolute Gasteiger partial charge is 0.311 e. The first-order chi connectivity index (χ1) is 10.0. The Morgan fingerprint density at radius 2 is 2.10 bits per heavy atom. The van der Waals surface area contributed by atoms with Crippen molar-refractivity contribution in [1.82, 2.24) is 4.98 Å². The molecule has 1 atom stereocenters. The van der Waals surface area contributed by atoms with E-state index < -0.39 is 11.0 Å². The number of nitro benzene ring substituents is 1. The van der Waals surface area contributed by atoms with Gasteiger partial charge >= 0.3 is 5.69 Å². The highest BCUT2D eigenvalue weighted by Crippen LogP contribution is 2.34. The molecule has 1 N–H and O–H groups in total. The van der Waals surface area contributed by atoms with Gasteiger partial charge in [0.05, 0.1) is 18.1 Å². The Morgan fingerprint density at radius 3 is 2.62 bits per heavy atom. The van der Waals surface area contributed by atoms with E-state index in [4.69, 9.17) is 9.47 Å². The van der Waals surface area contributed by atoms with Crippen LogP contribution >= 0.6 is 0 Å². The van der Waals surface area contributed by atoms with Gasteiger partial charge in [0.25, 0.3) is 0 Å². The molecule has 21 heavy (non-hydrogen) atoms. The normalized spacial score (nSPS) is 11.8. The van der Waals surface area contributed by atoms with Gasteiger partial charge in [-0.15, -0.1) is 0 Å². The molecule has 7 heteroatoms. The van der Waals surface area contributed by atoms with Gasteiger partial charge in [-0.25, -0.2) is 4.98 Å². The van der Waals surface area contributed by atoms with Crippen molar-refractivity contribution in [2.75, 3.05) is 7.11 Å². The Bertz CT molecular complexity index is 640. The third kappa shape index (κ3) is 3.46. The minimum absolute atomic E-state index is 0.0386. The minimum Gasteiger partial charge on any atom is -0.497 e. The maximum Gasteiger partial charge on any atom is 0.311 e. The Morgan fingerprint density at radius 1 is 1.33 bits per heavy atom. The van der Waals surface area contributed by atoms with Crippen molar-refractivity contribution >= 4 is 5.69 Å². The quantitative estimate of drug-likeness (QED) is 0.672. The SMILES string of the molecule is COc1ccc([N+](=O)[O-])c(Oc2ccc([C@@H](C)O)cn2)c1. The highest BCUT2D eigenvalue weighted by atomic mass is 16.6. The molecule has 1 heterocycles. The van der Waals surface area contributed by atoms with Gasteiger partial charge in [0.15, 0.2) is 0 Å². The van der Waals surface area contributed by atoms with Gasteiger partial charge in [0, 0.05) is 24.4 Å². The Hall–Kier alpha value is -2.67. The molecule has 1 aromatic heterocycles. The lowest BCUT2D eigenvalue weighted by atomic mass is 10.2. The predicted molar refractivity (Wildman–Crippen MR) is 74.6 cm³/mol. The summed E-state index contributed by atoms with van der Waals surface area (Å²) >= 11 is 0. The maximum atomic E-state index is 11.0. The van der Waals surface area contributed by atoms with Crippen LogP contribution in [0, 0.1) is 10.1 Å². The molecule has 0 aliphatic rings. The first-order valence-electron chi connectivity index (χ1n) is 6.15. The number of ether oxygens (including phenoxy) is 2. The molecule has 110 valence electrons. The van der Waals surface area contributed by atoms with Crippen molar-refractivity contribution in [1.29, 1.82) is 0 Å². The standard InChI is InChI=1S/C14H14N2O5/c1-9(17)10-3-6-14(15-8-10)21-13-7-11(20-2)4-5-12(13)16(18)19/h3-9,17H,1-2H3/t9-/m1/s1. The second kappa shape index (κ2) is 6.19. The number of hydrogen-bond acceptors (Lipinski definition) is 6. The highest BCUT2D eigenvalue weighted by Gasteiger charge is 2.17. The van der Waals surface area contributed by atoms with Crippen molar-refractivity contribution in [2.24, 2.45) is 0 Å². The fraction of sp³-hybridized carbons (Fsp3) is 0.214. The summed E-state index contributed by atoms with van der Waals surface area (Å²) in [7, 11) is 1.46. The molecule has 0 saturated heterocycles. The van der Waals surface area contributed by atoms with E-state index in [1.54, 1.807) is 13.0 Å². The average molecular weight is 290 g/mol. The molecule has 7 nitrogen and oxygen atoms in total. The molecule has 0 aliphatic carbocycles. The summed E-state index contributed by atoms with van der Waals surface area (Å²) in [6.45, 7) is 1.62. The van der Waals surface area contributed by atoms with Crippen molar-refractivity contribution in [3.8, 4) is 17.4 Å². The van der Waals surface area contributed by atoms with E-state index in [2.05, 4.69) is 4.98 Å². The van der Waals surface area contributed by atoms with E-state index in [1.165, 1.54) is 37.6 Å². The zero-order valence-electron chi connectivity index (χ0n) is 11.5. The molecule has 0 unspecified atom stereocenters. The average Bonchev–Trinajstić information content (AvgIpc) is 2.47. The van der Waals surface area contributed by atoms with Gasteiger partial charge in [0.2, 0.25) is 11.6 Å². The van der Waals surface area contributed by atoms with Crippen LogP contribution < -0.4 is 9.47 Å². The topological polar surface area (TPSA) is 94.7 Å². The highest BCUT2D eigenvalue weighted by molar-refractivity contribution is 5.51. The summed E-state index contributed by atoms with van der Waals surface area (Å²) < 4.78 is 10.5. The van der Waals surface area contributed by atoms with Crippen LogP contribution in [0.4, 0.5) is 5.69 Å². The lowest BCUT2D eigenvalue weighted by Crippen LogP contribution is -1.97. The monoisotopic (exact) mass is 290 g/mol. The van der Waals surface area contributed by atoms with Crippen LogP contribution in [-0.4, -0.2) is 22.1 Å². The third-order valence-corrected chi connectivity index (χ3v) is 2.82. The third-order valence-electron chi connectivity index (χ3n) is 2.82. The number of hydrogen-bond donors (Lipinski definition) is 1. The molecule has 0 radical (unpaired) electrons. The van der Waals surface area contributed by atoms with Crippen molar-refractivity contribution in [2.45, 2.75) is 13.0 Å². The number of aliphatic hydroxyl groups excluding tert-OH is 1. The van der Waals surface area contributed by atoms with Crippen LogP contribution in [0.1, 0.15) is 18.6 Å². The molecule has 2 rings (SSSR count). The van der Waals surface area contributed by atoms with Gasteiger partial charge in [-0.2, -0.15) is 0 Å². The number of rotatable bonds is 5. The Labute approximate surface area is 120 Å². The summed E-state index contributed by atoms with van der Waals surface area (Å²) in [6.07, 6.45) is 0.809. The molecule has 0 aliphatic heterocycles. The van der Waals surface area contributed by atoms with Crippen molar-refractivity contribution in [3.63, 3.8) is 0 Å². The number of aromatic nitrogens is 1. The maximum absolute atomic E-state index is 11.0. The van der Waals surface area contributed by atoms with E-state index in [-0.39, 0.29) is 17.3 Å². The lowest BCUT2D eigenvalue weighted by Gasteiger charge is -2.08. The Balaban J connectivity index is 2.31. The van der Waals surface area contributed by atoms with E-state index in [9.17, 15) is 15.2 Å². The number of nitro groups is 1. The van der Waals surface area contributed by atoms with E-state index in [0.717, 1.165) is 0 Å². The van der Waals surface area contributed by atoms with Crippen LogP contribution in [-0.2, 0) is 0 Å². The summed E-state index contributed by atoms with van der Waals surface area (Å²) in [6, 6.07) is 7.37. The number of nitrogens with zero attached hydrogens (tertiary/aromatic N) is 2. The number of benzene rings is 1. The van der Waals surface area contributed by atoms with Crippen LogP contribution in [0.25, 0.3) is 0 Å². The molecular weight excluding hydrogens is 276 g/mol. The molecule has 0 spiro atoms. The molecule has 0 bridgehead atoms. The zero-order valence-corrected chi connectivity index (χ0v) is 11.5. The first-order valence-corrected chi connectivity index (χ1v) is 6.15. The van der Waals surface area contributed by atoms with Crippen LogP contribution in [0.5, 0.6) is 17.4 Å². The number of pyridine rings is 1. The largest absolute Gasteiger partial charge is 0.497 e. The van der Waals surface area contributed by atoms with Crippen molar-refractivity contribution in [3.05, 3.63) is 52.2 Å². The number of methoxy groups -OCH3 is 1. The van der Waals surface area contributed by atoms with E-state index in [0.29, 0.717) is 11.3 Å².